The molecule has 256 valence electrons. The Morgan fingerprint density at radius 2 is 1.48 bits per heavy atom. The average Bonchev–Trinajstić information content (AvgIpc) is 3.04. The van der Waals surface area contributed by atoms with Gasteiger partial charge in [-0.05, 0) is 116 Å². The highest BCUT2D eigenvalue weighted by molar-refractivity contribution is 7.92. The zero-order chi connectivity index (χ0) is 34.1. The van der Waals surface area contributed by atoms with E-state index in [9.17, 15) is 18.0 Å². The SMILES string of the molecule is COc1cccc(CN(C(=O)CN(c2ccc(C34CC5CC(CC(C5)C3)C4)cc2)S(C)(=O)=O)C(Cc2ccccc2)C(=O)NC(C)C)c1. The minimum atomic E-state index is -3.85. The number of rotatable bonds is 13. The van der Waals surface area contributed by atoms with E-state index in [4.69, 9.17) is 4.74 Å². The van der Waals surface area contributed by atoms with E-state index in [-0.39, 0.29) is 30.3 Å². The summed E-state index contributed by atoms with van der Waals surface area (Å²) in [5.41, 5.74) is 3.58. The van der Waals surface area contributed by atoms with E-state index in [0.717, 1.165) is 35.1 Å². The molecule has 4 aliphatic rings. The van der Waals surface area contributed by atoms with Gasteiger partial charge in [0.1, 0.15) is 18.3 Å². The summed E-state index contributed by atoms with van der Waals surface area (Å²) in [6, 6.07) is 23.8. The van der Waals surface area contributed by atoms with Gasteiger partial charge in [0.15, 0.2) is 0 Å². The van der Waals surface area contributed by atoms with Crippen molar-refractivity contribution < 1.29 is 22.7 Å². The molecule has 0 spiro atoms. The fourth-order valence-electron chi connectivity index (χ4n) is 8.96. The lowest BCUT2D eigenvalue weighted by molar-refractivity contribution is -0.140. The molecule has 0 heterocycles. The summed E-state index contributed by atoms with van der Waals surface area (Å²) in [5.74, 6) is 2.27. The fourth-order valence-corrected chi connectivity index (χ4v) is 9.81. The van der Waals surface area contributed by atoms with Crippen LogP contribution in [0.25, 0.3) is 0 Å². The number of anilines is 1. The van der Waals surface area contributed by atoms with Crippen molar-refractivity contribution in [1.82, 2.24) is 10.2 Å². The average molecular weight is 672 g/mol. The summed E-state index contributed by atoms with van der Waals surface area (Å²) in [6.45, 7) is 3.43. The number of sulfonamides is 1. The van der Waals surface area contributed by atoms with Crippen LogP contribution in [-0.2, 0) is 38.0 Å². The number of hydrogen-bond acceptors (Lipinski definition) is 5. The van der Waals surface area contributed by atoms with E-state index in [0.29, 0.717) is 11.4 Å². The fraction of sp³-hybridized carbons (Fsp3) is 0.487. The predicted octanol–water partition coefficient (Wildman–Crippen LogP) is 6.09. The van der Waals surface area contributed by atoms with Crippen LogP contribution >= 0.6 is 0 Å². The highest BCUT2D eigenvalue weighted by atomic mass is 32.2. The minimum absolute atomic E-state index is 0.0988. The number of amides is 2. The summed E-state index contributed by atoms with van der Waals surface area (Å²) in [4.78, 5) is 29.8. The third kappa shape index (κ3) is 7.56. The first kappa shape index (κ1) is 34.0. The third-order valence-electron chi connectivity index (χ3n) is 10.7. The molecule has 1 atom stereocenters. The lowest BCUT2D eigenvalue weighted by atomic mass is 9.48. The van der Waals surface area contributed by atoms with Gasteiger partial charge in [-0.1, -0.05) is 54.6 Å². The number of hydrogen-bond donors (Lipinski definition) is 1. The van der Waals surface area contributed by atoms with Crippen LogP contribution in [0.2, 0.25) is 0 Å². The predicted molar refractivity (Wildman–Crippen MR) is 189 cm³/mol. The second-order valence-electron chi connectivity index (χ2n) is 14.8. The standard InChI is InChI=1S/C39H49N3O5S/c1-27(2)40-38(44)36(21-28-9-6-5-7-10-28)41(25-29-11-8-12-35(20-29)47-3)37(43)26-42(48(4,45)46)34-15-13-33(14-16-34)39-22-30-17-31(23-39)19-32(18-30)24-39/h5-16,20,27,30-32,36H,17-19,21-26H2,1-4H3,(H,40,44). The molecule has 4 saturated carbocycles. The Hall–Kier alpha value is -3.85. The van der Waals surface area contributed by atoms with Crippen molar-refractivity contribution in [1.29, 1.82) is 0 Å². The molecule has 8 nitrogen and oxygen atoms in total. The molecular weight excluding hydrogens is 623 g/mol. The van der Waals surface area contributed by atoms with Crippen LogP contribution in [0.15, 0.2) is 78.9 Å². The maximum atomic E-state index is 14.5. The molecule has 48 heavy (non-hydrogen) atoms. The van der Waals surface area contributed by atoms with Gasteiger partial charge in [0.2, 0.25) is 21.8 Å². The van der Waals surface area contributed by atoms with Gasteiger partial charge in [-0.3, -0.25) is 13.9 Å². The van der Waals surface area contributed by atoms with E-state index in [1.807, 2.05) is 80.6 Å². The van der Waals surface area contributed by atoms with E-state index >= 15 is 0 Å². The Morgan fingerprint density at radius 3 is 2.04 bits per heavy atom. The molecule has 1 unspecified atom stereocenters. The van der Waals surface area contributed by atoms with Gasteiger partial charge in [0.05, 0.1) is 19.1 Å². The molecule has 0 aliphatic heterocycles. The number of benzene rings is 3. The van der Waals surface area contributed by atoms with Crippen LogP contribution in [0, 0.1) is 17.8 Å². The summed E-state index contributed by atoms with van der Waals surface area (Å²) in [6.07, 6.45) is 9.11. The second-order valence-corrected chi connectivity index (χ2v) is 16.7. The van der Waals surface area contributed by atoms with Gasteiger partial charge in [-0.15, -0.1) is 0 Å². The molecule has 1 N–H and O–H groups in total. The van der Waals surface area contributed by atoms with Gasteiger partial charge >= 0.3 is 0 Å². The van der Waals surface area contributed by atoms with Gasteiger partial charge in [-0.25, -0.2) is 8.42 Å². The van der Waals surface area contributed by atoms with E-state index in [2.05, 4.69) is 17.4 Å². The lowest BCUT2D eigenvalue weighted by Gasteiger charge is -2.57. The number of carbonyl (C=O) groups excluding carboxylic acids is 2. The zero-order valence-electron chi connectivity index (χ0n) is 28.6. The quantitative estimate of drug-likeness (QED) is 0.237. The smallest absolute Gasteiger partial charge is 0.244 e. The maximum absolute atomic E-state index is 14.5. The maximum Gasteiger partial charge on any atom is 0.244 e. The van der Waals surface area contributed by atoms with Crippen LogP contribution in [0.1, 0.15) is 69.1 Å². The highest BCUT2D eigenvalue weighted by Gasteiger charge is 2.51. The molecule has 2 amide bonds. The molecule has 3 aromatic carbocycles. The Kier molecular flexibility index (Phi) is 9.88. The largest absolute Gasteiger partial charge is 0.497 e. The normalized spacial score (nSPS) is 23.5. The molecule has 0 saturated heterocycles. The van der Waals surface area contributed by atoms with Gasteiger partial charge < -0.3 is 15.0 Å². The molecule has 0 radical (unpaired) electrons. The van der Waals surface area contributed by atoms with Crippen molar-refractivity contribution >= 4 is 27.5 Å². The summed E-state index contributed by atoms with van der Waals surface area (Å²) in [7, 11) is -2.27. The molecule has 9 heteroatoms. The van der Waals surface area contributed by atoms with E-state index in [1.165, 1.54) is 53.3 Å². The number of ether oxygens (including phenoxy) is 1. The molecular formula is C39H49N3O5S. The molecule has 3 aromatic rings. The van der Waals surface area contributed by atoms with Crippen molar-refractivity contribution in [2.24, 2.45) is 17.8 Å². The Bertz CT molecular complexity index is 1670. The number of nitrogens with zero attached hydrogens (tertiary/aromatic N) is 2. The molecule has 4 fully saturated rings. The van der Waals surface area contributed by atoms with Crippen LogP contribution in [0.3, 0.4) is 0 Å². The first-order valence-corrected chi connectivity index (χ1v) is 19.1. The molecule has 4 bridgehead atoms. The number of methoxy groups -OCH3 is 1. The second kappa shape index (κ2) is 13.9. The van der Waals surface area contributed by atoms with Gasteiger partial charge in [0, 0.05) is 19.0 Å². The highest BCUT2D eigenvalue weighted by Crippen LogP contribution is 2.60. The van der Waals surface area contributed by atoms with Crippen molar-refractivity contribution in [2.45, 2.75) is 82.8 Å². The van der Waals surface area contributed by atoms with Crippen molar-refractivity contribution in [3.8, 4) is 5.75 Å². The van der Waals surface area contributed by atoms with E-state index in [1.54, 1.807) is 7.11 Å². The van der Waals surface area contributed by atoms with Gasteiger partial charge in [-0.2, -0.15) is 0 Å². The topological polar surface area (TPSA) is 96.0 Å². The Labute approximate surface area is 285 Å². The first-order valence-electron chi connectivity index (χ1n) is 17.3. The summed E-state index contributed by atoms with van der Waals surface area (Å²) < 4.78 is 33.3. The van der Waals surface area contributed by atoms with Crippen LogP contribution in [0.4, 0.5) is 5.69 Å². The monoisotopic (exact) mass is 671 g/mol. The lowest BCUT2D eigenvalue weighted by Crippen LogP contribution is -2.54. The van der Waals surface area contributed by atoms with Crippen LogP contribution in [-0.4, -0.2) is 57.1 Å². The third-order valence-corrected chi connectivity index (χ3v) is 11.8. The minimum Gasteiger partial charge on any atom is -0.497 e. The van der Waals surface area contributed by atoms with Crippen LogP contribution < -0.4 is 14.4 Å². The molecule has 7 rings (SSSR count). The zero-order valence-corrected chi connectivity index (χ0v) is 29.4. The first-order chi connectivity index (χ1) is 22.9. The van der Waals surface area contributed by atoms with Crippen LogP contribution in [0.5, 0.6) is 5.75 Å². The van der Waals surface area contributed by atoms with Gasteiger partial charge in [0.25, 0.3) is 0 Å². The van der Waals surface area contributed by atoms with E-state index < -0.39 is 28.5 Å². The van der Waals surface area contributed by atoms with Crippen molar-refractivity contribution in [3.63, 3.8) is 0 Å². The number of nitrogens with one attached hydrogen (secondary N) is 1. The Morgan fingerprint density at radius 1 is 0.875 bits per heavy atom. The summed E-state index contributed by atoms with van der Waals surface area (Å²) in [5, 5.41) is 2.99. The summed E-state index contributed by atoms with van der Waals surface area (Å²) >= 11 is 0. The Balaban J connectivity index is 1.31. The number of carbonyl (C=O) groups is 2. The molecule has 4 aliphatic carbocycles. The van der Waals surface area contributed by atoms with Crippen molar-refractivity contribution in [2.75, 3.05) is 24.2 Å². The van der Waals surface area contributed by atoms with Crippen molar-refractivity contribution in [3.05, 3.63) is 95.6 Å². The molecule has 0 aromatic heterocycles.